The van der Waals surface area contributed by atoms with Crippen LogP contribution in [0.2, 0.25) is 0 Å². The first kappa shape index (κ1) is 27.2. The van der Waals surface area contributed by atoms with Gasteiger partial charge in [-0.2, -0.15) is 4.31 Å². The van der Waals surface area contributed by atoms with E-state index in [0.717, 1.165) is 60.2 Å². The Bertz CT molecular complexity index is 1360. The molecule has 5 rings (SSSR count). The van der Waals surface area contributed by atoms with Crippen LogP contribution in [0.25, 0.3) is 10.2 Å². The smallest absolute Gasteiger partial charge is 0.243 e. The number of morpholine rings is 1. The normalized spacial score (nSPS) is 18.2. The minimum absolute atomic E-state index is 0.0511. The minimum Gasteiger partial charge on any atom is -0.379 e. The topological polar surface area (TPSA) is 83.1 Å². The van der Waals surface area contributed by atoms with Gasteiger partial charge in [0.05, 0.1) is 28.3 Å². The average Bonchev–Trinajstić information content (AvgIpc) is 3.34. The fourth-order valence-corrected chi connectivity index (χ4v) is 7.70. The first-order chi connectivity index (χ1) is 18.3. The Labute approximate surface area is 229 Å². The van der Waals surface area contributed by atoms with Gasteiger partial charge in [0, 0.05) is 45.2 Å². The molecule has 0 unspecified atom stereocenters. The number of benzene rings is 2. The lowest BCUT2D eigenvalue weighted by atomic mass is 9.96. The van der Waals surface area contributed by atoms with Gasteiger partial charge >= 0.3 is 0 Å². The Morgan fingerprint density at radius 1 is 1.03 bits per heavy atom. The van der Waals surface area contributed by atoms with Gasteiger partial charge in [0.25, 0.3) is 0 Å². The molecule has 2 aliphatic heterocycles. The van der Waals surface area contributed by atoms with Crippen LogP contribution in [0.5, 0.6) is 0 Å². The molecule has 0 saturated carbocycles. The molecule has 2 saturated heterocycles. The van der Waals surface area contributed by atoms with Crippen LogP contribution >= 0.6 is 11.3 Å². The van der Waals surface area contributed by atoms with E-state index in [4.69, 9.17) is 9.72 Å². The zero-order valence-electron chi connectivity index (χ0n) is 22.1. The molecule has 1 aromatic heterocycles. The Kier molecular flexibility index (Phi) is 8.44. The molecule has 0 bridgehead atoms. The van der Waals surface area contributed by atoms with E-state index in [1.165, 1.54) is 9.87 Å². The maximum absolute atomic E-state index is 13.9. The number of carbonyl (C=O) groups is 1. The van der Waals surface area contributed by atoms with Gasteiger partial charge in [0.2, 0.25) is 15.9 Å². The highest BCUT2D eigenvalue weighted by molar-refractivity contribution is 7.89. The zero-order chi connectivity index (χ0) is 26.7. The monoisotopic (exact) mass is 556 g/mol. The van der Waals surface area contributed by atoms with Crippen LogP contribution in [0.4, 0.5) is 5.13 Å². The summed E-state index contributed by atoms with van der Waals surface area (Å²) < 4.78 is 34.4. The van der Waals surface area contributed by atoms with Crippen LogP contribution in [0.1, 0.15) is 30.4 Å². The second-order valence-electron chi connectivity index (χ2n) is 10.3. The summed E-state index contributed by atoms with van der Waals surface area (Å²) >= 11 is 1.56. The number of thiazole rings is 1. The summed E-state index contributed by atoms with van der Waals surface area (Å²) in [6.07, 6.45) is 1.86. The molecule has 0 aliphatic carbocycles. The quantitative estimate of drug-likeness (QED) is 0.416. The number of carbonyl (C=O) groups excluding carboxylic acids is 1. The first-order valence-electron chi connectivity index (χ1n) is 13.4. The second-order valence-corrected chi connectivity index (χ2v) is 13.2. The van der Waals surface area contributed by atoms with Crippen LogP contribution in [0.15, 0.2) is 47.4 Å². The van der Waals surface area contributed by atoms with Crippen molar-refractivity contribution in [2.75, 3.05) is 57.4 Å². The summed E-state index contributed by atoms with van der Waals surface area (Å²) in [5, 5.41) is 0.729. The molecule has 1 amide bonds. The van der Waals surface area contributed by atoms with Gasteiger partial charge in [-0.05, 0) is 62.9 Å². The van der Waals surface area contributed by atoms with Crippen molar-refractivity contribution in [3.63, 3.8) is 0 Å². The number of hydrogen-bond acceptors (Lipinski definition) is 7. The van der Waals surface area contributed by atoms with Crippen molar-refractivity contribution in [3.05, 3.63) is 53.6 Å². The Morgan fingerprint density at radius 2 is 1.71 bits per heavy atom. The van der Waals surface area contributed by atoms with Crippen molar-refractivity contribution in [1.29, 1.82) is 0 Å². The van der Waals surface area contributed by atoms with Gasteiger partial charge < -0.3 is 4.74 Å². The number of ether oxygens (including phenoxy) is 1. The van der Waals surface area contributed by atoms with Crippen molar-refractivity contribution in [3.8, 4) is 0 Å². The third-order valence-corrected chi connectivity index (χ3v) is 10.4. The molecule has 0 spiro atoms. The van der Waals surface area contributed by atoms with E-state index < -0.39 is 10.0 Å². The number of rotatable bonds is 8. The molecular formula is C28H36N4O4S2. The van der Waals surface area contributed by atoms with E-state index in [2.05, 4.69) is 17.9 Å². The molecule has 10 heteroatoms. The molecule has 0 N–H and O–H groups in total. The predicted octanol–water partition coefficient (Wildman–Crippen LogP) is 4.07. The average molecular weight is 557 g/mol. The van der Waals surface area contributed by atoms with Crippen molar-refractivity contribution in [2.45, 2.75) is 38.0 Å². The SMILES string of the molecule is Cc1ccc(S(=O)(=O)N2CCC(C(=O)N(CCCN3CCOCC3)c3nc4ccc(C)cc4s3)CC2)cc1. The fourth-order valence-electron chi connectivity index (χ4n) is 5.14. The van der Waals surface area contributed by atoms with E-state index in [1.807, 2.05) is 36.1 Å². The second kappa shape index (κ2) is 11.8. The van der Waals surface area contributed by atoms with E-state index in [0.29, 0.717) is 37.4 Å². The number of hydrogen-bond donors (Lipinski definition) is 0. The van der Waals surface area contributed by atoms with Crippen molar-refractivity contribution in [1.82, 2.24) is 14.2 Å². The third-order valence-electron chi connectivity index (χ3n) is 7.45. The number of aryl methyl sites for hydroxylation is 2. The van der Waals surface area contributed by atoms with Crippen LogP contribution in [0.3, 0.4) is 0 Å². The van der Waals surface area contributed by atoms with Crippen LogP contribution in [-0.2, 0) is 19.6 Å². The summed E-state index contributed by atoms with van der Waals surface area (Å²) in [4.78, 5) is 23.2. The third kappa shape index (κ3) is 6.10. The van der Waals surface area contributed by atoms with Gasteiger partial charge in [0.1, 0.15) is 0 Å². The molecule has 0 radical (unpaired) electrons. The summed E-state index contributed by atoms with van der Waals surface area (Å²) in [7, 11) is -3.57. The Balaban J connectivity index is 1.29. The molecule has 0 atom stereocenters. The predicted molar refractivity (Wildman–Crippen MR) is 151 cm³/mol. The highest BCUT2D eigenvalue weighted by atomic mass is 32.2. The number of piperidine rings is 1. The summed E-state index contributed by atoms with van der Waals surface area (Å²) in [5.74, 6) is -0.174. The van der Waals surface area contributed by atoms with Gasteiger partial charge in [-0.3, -0.25) is 14.6 Å². The molecule has 8 nitrogen and oxygen atoms in total. The number of sulfonamides is 1. The largest absolute Gasteiger partial charge is 0.379 e. The number of fused-ring (bicyclic) bond motifs is 1. The lowest BCUT2D eigenvalue weighted by Crippen LogP contribution is -2.45. The van der Waals surface area contributed by atoms with Gasteiger partial charge in [-0.15, -0.1) is 0 Å². The fraction of sp³-hybridized carbons (Fsp3) is 0.500. The molecule has 204 valence electrons. The first-order valence-corrected chi connectivity index (χ1v) is 15.6. The van der Waals surface area contributed by atoms with Gasteiger partial charge in [-0.25, -0.2) is 13.4 Å². The van der Waals surface area contributed by atoms with Crippen LogP contribution in [0, 0.1) is 19.8 Å². The molecule has 2 fully saturated rings. The van der Waals surface area contributed by atoms with E-state index >= 15 is 0 Å². The molecular weight excluding hydrogens is 520 g/mol. The molecule has 3 aromatic rings. The number of amides is 1. The van der Waals surface area contributed by atoms with E-state index in [9.17, 15) is 13.2 Å². The molecule has 2 aliphatic rings. The van der Waals surface area contributed by atoms with E-state index in [1.54, 1.807) is 23.5 Å². The van der Waals surface area contributed by atoms with Crippen LogP contribution < -0.4 is 4.90 Å². The maximum Gasteiger partial charge on any atom is 0.243 e. The molecule has 3 heterocycles. The number of aromatic nitrogens is 1. The molecule has 38 heavy (non-hydrogen) atoms. The standard InChI is InChI=1S/C28H36N4O4S2/c1-21-4-7-24(8-5-21)38(34,35)31-14-10-23(11-15-31)27(33)32(13-3-12-30-16-18-36-19-17-30)28-29-25-9-6-22(2)20-26(25)37-28/h4-9,20,23H,3,10-19H2,1-2H3. The van der Waals surface area contributed by atoms with Gasteiger partial charge in [0.15, 0.2) is 5.13 Å². The van der Waals surface area contributed by atoms with Crippen molar-refractivity contribution < 1.29 is 17.9 Å². The number of anilines is 1. The number of nitrogens with zero attached hydrogens (tertiary/aromatic N) is 4. The van der Waals surface area contributed by atoms with Gasteiger partial charge in [-0.1, -0.05) is 35.1 Å². The lowest BCUT2D eigenvalue weighted by molar-refractivity contribution is -0.123. The van der Waals surface area contributed by atoms with Crippen LogP contribution in [-0.4, -0.2) is 81.0 Å². The lowest BCUT2D eigenvalue weighted by Gasteiger charge is -2.33. The van der Waals surface area contributed by atoms with E-state index in [-0.39, 0.29) is 11.8 Å². The highest BCUT2D eigenvalue weighted by Crippen LogP contribution is 2.32. The Morgan fingerprint density at radius 3 is 2.42 bits per heavy atom. The molecule has 2 aromatic carbocycles. The minimum atomic E-state index is -3.57. The maximum atomic E-state index is 13.9. The summed E-state index contributed by atoms with van der Waals surface area (Å²) in [5.41, 5.74) is 3.09. The Hall–Kier alpha value is -2.37. The van der Waals surface area contributed by atoms with Crippen molar-refractivity contribution >= 4 is 42.6 Å². The summed E-state index contributed by atoms with van der Waals surface area (Å²) in [6.45, 7) is 9.52. The summed E-state index contributed by atoms with van der Waals surface area (Å²) in [6, 6.07) is 13.1. The highest BCUT2D eigenvalue weighted by Gasteiger charge is 2.35. The zero-order valence-corrected chi connectivity index (χ0v) is 23.8. The van der Waals surface area contributed by atoms with Crippen molar-refractivity contribution in [2.24, 2.45) is 5.92 Å².